The molecule has 2 saturated heterocycles. The standard InChI is InChI=1S/C8H12N2O2/c11-8-5-6(9-12)7-3-1-2-4-10(7)8/h7,12H,1-5H2/b9-6-. The third-order valence-corrected chi connectivity index (χ3v) is 2.67. The summed E-state index contributed by atoms with van der Waals surface area (Å²) in [5.74, 6) is 0.118. The van der Waals surface area contributed by atoms with Crippen molar-refractivity contribution < 1.29 is 10.0 Å². The van der Waals surface area contributed by atoms with Gasteiger partial charge in [0.1, 0.15) is 0 Å². The van der Waals surface area contributed by atoms with Gasteiger partial charge in [-0.2, -0.15) is 0 Å². The summed E-state index contributed by atoms with van der Waals surface area (Å²) in [6.07, 6.45) is 3.50. The van der Waals surface area contributed by atoms with E-state index in [0.29, 0.717) is 12.1 Å². The van der Waals surface area contributed by atoms with Crippen molar-refractivity contribution in [1.29, 1.82) is 0 Å². The van der Waals surface area contributed by atoms with Gasteiger partial charge in [-0.25, -0.2) is 0 Å². The van der Waals surface area contributed by atoms with Crippen LogP contribution in [0.2, 0.25) is 0 Å². The first-order valence-corrected chi connectivity index (χ1v) is 4.33. The van der Waals surface area contributed by atoms with Crippen LogP contribution in [0.3, 0.4) is 0 Å². The second-order valence-electron chi connectivity index (χ2n) is 3.37. The zero-order valence-electron chi connectivity index (χ0n) is 6.86. The van der Waals surface area contributed by atoms with Gasteiger partial charge in [-0.1, -0.05) is 5.16 Å². The molecule has 0 aromatic rings. The maximum absolute atomic E-state index is 11.3. The smallest absolute Gasteiger partial charge is 0.229 e. The van der Waals surface area contributed by atoms with Crippen LogP contribution in [0.5, 0.6) is 0 Å². The lowest BCUT2D eigenvalue weighted by Crippen LogP contribution is -2.39. The normalized spacial score (nSPS) is 32.7. The molecule has 2 fully saturated rings. The highest BCUT2D eigenvalue weighted by molar-refractivity contribution is 6.10. The Morgan fingerprint density at radius 2 is 2.33 bits per heavy atom. The average Bonchev–Trinajstić information content (AvgIpc) is 2.44. The third kappa shape index (κ3) is 0.983. The Bertz CT molecular complexity index is 237. The van der Waals surface area contributed by atoms with Crippen molar-refractivity contribution >= 4 is 11.6 Å². The Morgan fingerprint density at radius 3 is 3.08 bits per heavy atom. The van der Waals surface area contributed by atoms with E-state index in [1.54, 1.807) is 0 Å². The molecule has 12 heavy (non-hydrogen) atoms. The summed E-state index contributed by atoms with van der Waals surface area (Å²) >= 11 is 0. The predicted octanol–water partition coefficient (Wildman–Crippen LogP) is 0.601. The van der Waals surface area contributed by atoms with Gasteiger partial charge in [0.2, 0.25) is 5.91 Å². The Hall–Kier alpha value is -1.06. The molecule has 0 aromatic heterocycles. The van der Waals surface area contributed by atoms with Crippen molar-refractivity contribution in [2.75, 3.05) is 6.54 Å². The molecule has 1 unspecified atom stereocenters. The van der Waals surface area contributed by atoms with E-state index < -0.39 is 0 Å². The van der Waals surface area contributed by atoms with Gasteiger partial charge in [0.15, 0.2) is 0 Å². The van der Waals surface area contributed by atoms with Gasteiger partial charge in [0, 0.05) is 6.54 Å². The van der Waals surface area contributed by atoms with Crippen LogP contribution in [0, 0.1) is 0 Å². The number of fused-ring (bicyclic) bond motifs is 1. The molecule has 1 amide bonds. The largest absolute Gasteiger partial charge is 0.411 e. The van der Waals surface area contributed by atoms with E-state index in [9.17, 15) is 4.79 Å². The Morgan fingerprint density at radius 1 is 1.50 bits per heavy atom. The van der Waals surface area contributed by atoms with E-state index in [4.69, 9.17) is 5.21 Å². The zero-order valence-corrected chi connectivity index (χ0v) is 6.86. The summed E-state index contributed by atoms with van der Waals surface area (Å²) in [5.41, 5.74) is 0.653. The first-order chi connectivity index (χ1) is 5.83. The van der Waals surface area contributed by atoms with Crippen LogP contribution < -0.4 is 0 Å². The molecular formula is C8H12N2O2. The molecule has 4 nitrogen and oxygen atoms in total. The van der Waals surface area contributed by atoms with Crippen LogP contribution in [0.4, 0.5) is 0 Å². The topological polar surface area (TPSA) is 52.9 Å². The average molecular weight is 168 g/mol. The molecule has 2 aliphatic rings. The molecule has 4 heteroatoms. The molecule has 0 aromatic carbocycles. The first-order valence-electron chi connectivity index (χ1n) is 4.33. The maximum Gasteiger partial charge on any atom is 0.229 e. The van der Waals surface area contributed by atoms with Crippen molar-refractivity contribution in [3.05, 3.63) is 0 Å². The number of carbonyl (C=O) groups excluding carboxylic acids is 1. The van der Waals surface area contributed by atoms with Crippen molar-refractivity contribution in [3.63, 3.8) is 0 Å². The quantitative estimate of drug-likeness (QED) is 0.425. The van der Waals surface area contributed by atoms with E-state index in [1.807, 2.05) is 4.90 Å². The van der Waals surface area contributed by atoms with Gasteiger partial charge in [-0.05, 0) is 19.3 Å². The minimum absolute atomic E-state index is 0.108. The molecule has 0 aliphatic carbocycles. The monoisotopic (exact) mass is 168 g/mol. The number of rotatable bonds is 0. The maximum atomic E-state index is 11.3. The lowest BCUT2D eigenvalue weighted by atomic mass is 10.0. The fourth-order valence-electron chi connectivity index (χ4n) is 2.05. The number of nitrogens with zero attached hydrogens (tertiary/aromatic N) is 2. The van der Waals surface area contributed by atoms with Gasteiger partial charge in [-0.3, -0.25) is 4.79 Å². The van der Waals surface area contributed by atoms with Crippen molar-refractivity contribution in [3.8, 4) is 0 Å². The van der Waals surface area contributed by atoms with Gasteiger partial charge < -0.3 is 10.1 Å². The highest BCUT2D eigenvalue weighted by Gasteiger charge is 2.38. The minimum Gasteiger partial charge on any atom is -0.411 e. The van der Waals surface area contributed by atoms with Crippen molar-refractivity contribution in [1.82, 2.24) is 4.90 Å². The fraction of sp³-hybridized carbons (Fsp3) is 0.750. The first kappa shape index (κ1) is 7.58. The van der Waals surface area contributed by atoms with Gasteiger partial charge in [-0.15, -0.1) is 0 Å². The number of oxime groups is 1. The second kappa shape index (κ2) is 2.77. The zero-order chi connectivity index (χ0) is 8.55. The summed E-state index contributed by atoms with van der Waals surface area (Å²) < 4.78 is 0. The molecule has 66 valence electrons. The van der Waals surface area contributed by atoms with Crippen LogP contribution in [0.25, 0.3) is 0 Å². The molecule has 2 heterocycles. The summed E-state index contributed by atoms with van der Waals surface area (Å²) in [4.78, 5) is 13.1. The van der Waals surface area contributed by atoms with Gasteiger partial charge in [0.25, 0.3) is 0 Å². The summed E-state index contributed by atoms with van der Waals surface area (Å²) in [7, 11) is 0. The van der Waals surface area contributed by atoms with E-state index in [-0.39, 0.29) is 11.9 Å². The predicted molar refractivity (Wildman–Crippen MR) is 43.2 cm³/mol. The third-order valence-electron chi connectivity index (χ3n) is 2.67. The lowest BCUT2D eigenvalue weighted by Gasteiger charge is -2.28. The Kier molecular flexibility index (Phi) is 1.75. The fourth-order valence-corrected chi connectivity index (χ4v) is 2.05. The van der Waals surface area contributed by atoms with Crippen LogP contribution in [-0.2, 0) is 4.79 Å². The SMILES string of the molecule is O=C1C/C(=N/O)C2CCCCN12. The number of amides is 1. The summed E-state index contributed by atoms with van der Waals surface area (Å²) in [6, 6.07) is 0.108. The highest BCUT2D eigenvalue weighted by atomic mass is 16.4. The number of piperidine rings is 1. The summed E-state index contributed by atoms with van der Waals surface area (Å²) in [6.45, 7) is 0.836. The van der Waals surface area contributed by atoms with Gasteiger partial charge in [0.05, 0.1) is 18.2 Å². The van der Waals surface area contributed by atoms with Crippen molar-refractivity contribution in [2.45, 2.75) is 31.7 Å². The molecule has 1 N–H and O–H groups in total. The van der Waals surface area contributed by atoms with Crippen molar-refractivity contribution in [2.24, 2.45) is 5.16 Å². The van der Waals surface area contributed by atoms with Crippen LogP contribution in [-0.4, -0.2) is 34.3 Å². The second-order valence-corrected chi connectivity index (χ2v) is 3.37. The van der Waals surface area contributed by atoms with E-state index in [2.05, 4.69) is 5.16 Å². The lowest BCUT2D eigenvalue weighted by molar-refractivity contribution is -0.129. The molecule has 0 radical (unpaired) electrons. The minimum atomic E-state index is 0.108. The highest BCUT2D eigenvalue weighted by Crippen LogP contribution is 2.25. The molecule has 1 atom stereocenters. The van der Waals surface area contributed by atoms with Crippen LogP contribution >= 0.6 is 0 Å². The number of hydrogen-bond donors (Lipinski definition) is 1. The molecule has 0 bridgehead atoms. The molecule has 0 saturated carbocycles. The van der Waals surface area contributed by atoms with E-state index in [0.717, 1.165) is 25.8 Å². The Balaban J connectivity index is 2.22. The number of hydrogen-bond acceptors (Lipinski definition) is 3. The Labute approximate surface area is 70.8 Å². The molecule has 2 aliphatic heterocycles. The van der Waals surface area contributed by atoms with Crippen LogP contribution in [0.15, 0.2) is 5.16 Å². The molecule has 2 rings (SSSR count). The molecule has 0 spiro atoms. The number of carbonyl (C=O) groups is 1. The van der Waals surface area contributed by atoms with E-state index in [1.165, 1.54) is 0 Å². The van der Waals surface area contributed by atoms with Gasteiger partial charge >= 0.3 is 0 Å². The van der Waals surface area contributed by atoms with E-state index >= 15 is 0 Å². The summed E-state index contributed by atoms with van der Waals surface area (Å²) in [5, 5.41) is 11.8. The molecular weight excluding hydrogens is 156 g/mol. The van der Waals surface area contributed by atoms with Crippen LogP contribution in [0.1, 0.15) is 25.7 Å².